The molecule has 1 heterocycles. The van der Waals surface area contributed by atoms with E-state index in [1.807, 2.05) is 20.8 Å². The summed E-state index contributed by atoms with van der Waals surface area (Å²) in [6.45, 7) is 6.20. The lowest BCUT2D eigenvalue weighted by Gasteiger charge is -2.15. The number of hydrogen-bond donors (Lipinski definition) is 2. The largest absolute Gasteiger partial charge is 0.355 e. The van der Waals surface area contributed by atoms with E-state index in [1.54, 1.807) is 7.05 Å². The second-order valence-corrected chi connectivity index (χ2v) is 4.37. The normalized spacial score (nSPS) is 13.3. The van der Waals surface area contributed by atoms with Crippen molar-refractivity contribution in [1.29, 1.82) is 0 Å². The molecule has 4 heteroatoms. The van der Waals surface area contributed by atoms with Crippen LogP contribution in [0.15, 0.2) is 0 Å². The highest BCUT2D eigenvalue weighted by molar-refractivity contribution is 6.04. The zero-order valence-corrected chi connectivity index (χ0v) is 10.5. The van der Waals surface area contributed by atoms with Crippen molar-refractivity contribution in [2.75, 3.05) is 7.05 Å². The number of hydrogen-bond acceptors (Lipinski definition) is 2. The van der Waals surface area contributed by atoms with Gasteiger partial charge in [-0.15, -0.1) is 0 Å². The summed E-state index contributed by atoms with van der Waals surface area (Å²) in [6.07, 6.45) is 0. The third-order valence-corrected chi connectivity index (χ3v) is 3.55. The fraction of sp³-hybridized carbons (Fsp3) is 0.385. The first kappa shape index (κ1) is 11.6. The summed E-state index contributed by atoms with van der Waals surface area (Å²) in [6, 6.07) is 0. The van der Waals surface area contributed by atoms with Gasteiger partial charge < -0.3 is 10.6 Å². The van der Waals surface area contributed by atoms with E-state index in [4.69, 9.17) is 0 Å². The van der Waals surface area contributed by atoms with Crippen LogP contribution in [0.1, 0.15) is 43.0 Å². The molecule has 0 fully saturated rings. The van der Waals surface area contributed by atoms with Crippen LogP contribution in [0.3, 0.4) is 0 Å². The molecule has 0 atom stereocenters. The Morgan fingerprint density at radius 2 is 1.82 bits per heavy atom. The highest BCUT2D eigenvalue weighted by Crippen LogP contribution is 2.29. The molecule has 0 spiro atoms. The van der Waals surface area contributed by atoms with Crippen LogP contribution in [0.4, 0.5) is 0 Å². The lowest BCUT2D eigenvalue weighted by molar-refractivity contribution is 0.0953. The number of fused-ring (bicyclic) bond motifs is 1. The van der Waals surface area contributed by atoms with Gasteiger partial charge in [-0.2, -0.15) is 0 Å². The standard InChI is InChI=1S/C13H16N2O2/c1-6-7(2)11-9(5-15-13(11)17)8(3)10(6)12(16)14-4/h5H2,1-4H3,(H,14,16)(H,15,17). The van der Waals surface area contributed by atoms with Crippen molar-refractivity contribution in [3.8, 4) is 0 Å². The van der Waals surface area contributed by atoms with Gasteiger partial charge in [-0.1, -0.05) is 0 Å². The van der Waals surface area contributed by atoms with Gasteiger partial charge in [-0.3, -0.25) is 9.59 Å². The molecule has 17 heavy (non-hydrogen) atoms. The van der Waals surface area contributed by atoms with Crippen molar-refractivity contribution in [2.45, 2.75) is 27.3 Å². The molecule has 0 unspecified atom stereocenters. The van der Waals surface area contributed by atoms with E-state index >= 15 is 0 Å². The number of carbonyl (C=O) groups is 2. The Labute approximate surface area is 100 Å². The zero-order chi connectivity index (χ0) is 12.7. The van der Waals surface area contributed by atoms with Crippen LogP contribution < -0.4 is 10.6 Å². The molecular weight excluding hydrogens is 216 g/mol. The van der Waals surface area contributed by atoms with Gasteiger partial charge in [0, 0.05) is 24.7 Å². The van der Waals surface area contributed by atoms with E-state index in [9.17, 15) is 9.59 Å². The predicted octanol–water partition coefficient (Wildman–Crippen LogP) is 1.21. The lowest BCUT2D eigenvalue weighted by Crippen LogP contribution is -2.22. The Bertz CT molecular complexity index is 533. The smallest absolute Gasteiger partial charge is 0.252 e. The van der Waals surface area contributed by atoms with E-state index in [1.165, 1.54) is 0 Å². The summed E-state index contributed by atoms with van der Waals surface area (Å²) in [7, 11) is 1.62. The van der Waals surface area contributed by atoms with Gasteiger partial charge in [0.2, 0.25) is 0 Å². The molecule has 90 valence electrons. The van der Waals surface area contributed by atoms with Gasteiger partial charge in [0.1, 0.15) is 0 Å². The van der Waals surface area contributed by atoms with Crippen molar-refractivity contribution in [2.24, 2.45) is 0 Å². The summed E-state index contributed by atoms with van der Waals surface area (Å²) in [4.78, 5) is 23.6. The monoisotopic (exact) mass is 232 g/mol. The molecule has 1 aromatic rings. The molecule has 0 radical (unpaired) electrons. The lowest BCUT2D eigenvalue weighted by atomic mass is 9.89. The molecule has 0 bridgehead atoms. The van der Waals surface area contributed by atoms with Crippen molar-refractivity contribution in [3.05, 3.63) is 33.4 Å². The van der Waals surface area contributed by atoms with Crippen LogP contribution in [0.5, 0.6) is 0 Å². The van der Waals surface area contributed by atoms with Gasteiger partial charge in [-0.25, -0.2) is 0 Å². The van der Waals surface area contributed by atoms with Crippen LogP contribution in [0.25, 0.3) is 0 Å². The average Bonchev–Trinajstić information content (AvgIpc) is 2.68. The summed E-state index contributed by atoms with van der Waals surface area (Å²) in [5, 5.41) is 5.46. The number of rotatable bonds is 1. The van der Waals surface area contributed by atoms with Crippen LogP contribution in [-0.4, -0.2) is 18.9 Å². The molecule has 0 aromatic heterocycles. The molecule has 4 nitrogen and oxygen atoms in total. The minimum absolute atomic E-state index is 0.0350. The van der Waals surface area contributed by atoms with Crippen LogP contribution in [0, 0.1) is 20.8 Å². The predicted molar refractivity (Wildman–Crippen MR) is 65.2 cm³/mol. The molecule has 2 amide bonds. The molecule has 2 rings (SSSR count). The van der Waals surface area contributed by atoms with E-state index < -0.39 is 0 Å². The molecule has 0 aliphatic carbocycles. The highest BCUT2D eigenvalue weighted by atomic mass is 16.2. The van der Waals surface area contributed by atoms with E-state index in [0.29, 0.717) is 12.1 Å². The molecule has 1 aliphatic rings. The van der Waals surface area contributed by atoms with Gasteiger partial charge in [0.15, 0.2) is 0 Å². The van der Waals surface area contributed by atoms with Crippen molar-refractivity contribution >= 4 is 11.8 Å². The Kier molecular flexibility index (Phi) is 2.65. The number of nitrogens with one attached hydrogen (secondary N) is 2. The zero-order valence-electron chi connectivity index (χ0n) is 10.5. The number of carbonyl (C=O) groups excluding carboxylic acids is 2. The van der Waals surface area contributed by atoms with E-state index in [0.717, 1.165) is 27.8 Å². The Morgan fingerprint density at radius 1 is 1.18 bits per heavy atom. The number of benzene rings is 1. The fourth-order valence-electron chi connectivity index (χ4n) is 2.47. The van der Waals surface area contributed by atoms with E-state index in [-0.39, 0.29) is 11.8 Å². The second-order valence-electron chi connectivity index (χ2n) is 4.37. The summed E-state index contributed by atoms with van der Waals surface area (Å²) in [5.74, 6) is -0.127. The van der Waals surface area contributed by atoms with Crippen LogP contribution in [0.2, 0.25) is 0 Å². The maximum atomic E-state index is 11.9. The van der Waals surface area contributed by atoms with Crippen molar-refractivity contribution in [3.63, 3.8) is 0 Å². The second kappa shape index (κ2) is 3.87. The van der Waals surface area contributed by atoms with Gasteiger partial charge in [-0.05, 0) is 43.0 Å². The summed E-state index contributed by atoms with van der Waals surface area (Å²) < 4.78 is 0. The van der Waals surface area contributed by atoms with E-state index in [2.05, 4.69) is 10.6 Å². The fourth-order valence-corrected chi connectivity index (χ4v) is 2.47. The minimum atomic E-state index is -0.0924. The first-order chi connectivity index (χ1) is 7.99. The SMILES string of the molecule is CNC(=O)c1c(C)c(C)c2c(c1C)CNC2=O. The molecule has 0 saturated heterocycles. The molecular formula is C13H16N2O2. The van der Waals surface area contributed by atoms with Crippen molar-refractivity contribution in [1.82, 2.24) is 10.6 Å². The molecule has 0 saturated carbocycles. The average molecular weight is 232 g/mol. The maximum absolute atomic E-state index is 11.9. The minimum Gasteiger partial charge on any atom is -0.355 e. The highest BCUT2D eigenvalue weighted by Gasteiger charge is 2.28. The number of amides is 2. The van der Waals surface area contributed by atoms with Gasteiger partial charge >= 0.3 is 0 Å². The maximum Gasteiger partial charge on any atom is 0.252 e. The first-order valence-corrected chi connectivity index (χ1v) is 5.62. The Morgan fingerprint density at radius 3 is 2.41 bits per heavy atom. The quantitative estimate of drug-likeness (QED) is 0.764. The first-order valence-electron chi connectivity index (χ1n) is 5.62. The van der Waals surface area contributed by atoms with Crippen LogP contribution >= 0.6 is 0 Å². The summed E-state index contributed by atoms with van der Waals surface area (Å²) >= 11 is 0. The van der Waals surface area contributed by atoms with Gasteiger partial charge in [0.05, 0.1) is 0 Å². The van der Waals surface area contributed by atoms with Gasteiger partial charge in [0.25, 0.3) is 11.8 Å². The van der Waals surface area contributed by atoms with Crippen molar-refractivity contribution < 1.29 is 9.59 Å². The summed E-state index contributed by atoms with van der Waals surface area (Å²) in [5.41, 5.74) is 5.09. The Hall–Kier alpha value is -1.84. The Balaban J connectivity index is 2.78. The third kappa shape index (κ3) is 1.52. The molecule has 2 N–H and O–H groups in total. The van der Waals surface area contributed by atoms with Crippen LogP contribution in [-0.2, 0) is 6.54 Å². The molecule has 1 aliphatic heterocycles. The third-order valence-electron chi connectivity index (χ3n) is 3.55. The molecule has 1 aromatic carbocycles. The topological polar surface area (TPSA) is 58.2 Å².